The molecular formula is C11H12N4O3S. The van der Waals surface area contributed by atoms with E-state index < -0.39 is 5.97 Å². The smallest absolute Gasteiger partial charge is 0.369 e. The zero-order chi connectivity index (χ0) is 13.7. The number of ether oxygens (including phenoxy) is 2. The van der Waals surface area contributed by atoms with Gasteiger partial charge in [-0.2, -0.15) is 0 Å². The van der Waals surface area contributed by atoms with E-state index >= 15 is 0 Å². The van der Waals surface area contributed by atoms with E-state index in [-0.39, 0.29) is 5.01 Å². The van der Waals surface area contributed by atoms with E-state index in [9.17, 15) is 4.79 Å². The molecule has 0 amide bonds. The maximum absolute atomic E-state index is 11.5. The van der Waals surface area contributed by atoms with Gasteiger partial charge in [-0.1, -0.05) is 11.3 Å². The van der Waals surface area contributed by atoms with Gasteiger partial charge in [0, 0.05) is 0 Å². The highest BCUT2D eigenvalue weighted by Gasteiger charge is 2.16. The molecule has 19 heavy (non-hydrogen) atoms. The molecular weight excluding hydrogens is 268 g/mol. The second kappa shape index (κ2) is 6.19. The number of esters is 1. The molecule has 0 unspecified atom stereocenters. The SMILES string of the molecule is CCOC(=O)c1nnc(-c2cncc(OCC)n2)s1. The normalized spacial score (nSPS) is 10.2. The van der Waals surface area contributed by atoms with E-state index in [4.69, 9.17) is 9.47 Å². The molecule has 0 atom stereocenters. The summed E-state index contributed by atoms with van der Waals surface area (Å²) in [6.07, 6.45) is 3.05. The molecule has 0 aromatic carbocycles. The number of nitrogens with zero attached hydrogens (tertiary/aromatic N) is 4. The summed E-state index contributed by atoms with van der Waals surface area (Å²) < 4.78 is 10.1. The Kier molecular flexibility index (Phi) is 4.35. The lowest BCUT2D eigenvalue weighted by Gasteiger charge is -2.01. The summed E-state index contributed by atoms with van der Waals surface area (Å²) in [5.41, 5.74) is 0.513. The highest BCUT2D eigenvalue weighted by molar-refractivity contribution is 7.16. The zero-order valence-corrected chi connectivity index (χ0v) is 11.3. The van der Waals surface area contributed by atoms with E-state index in [1.807, 2.05) is 6.92 Å². The molecule has 2 heterocycles. The molecule has 2 aromatic rings. The summed E-state index contributed by atoms with van der Waals surface area (Å²) >= 11 is 1.11. The first kappa shape index (κ1) is 13.3. The Morgan fingerprint density at radius 2 is 2.11 bits per heavy atom. The van der Waals surface area contributed by atoms with Crippen LogP contribution in [0, 0.1) is 0 Å². The standard InChI is InChI=1S/C11H12N4O3S/c1-3-17-8-6-12-5-7(13-8)9-14-15-10(19-9)11(16)18-4-2/h5-6H,3-4H2,1-2H3. The number of hydrogen-bond acceptors (Lipinski definition) is 8. The molecule has 2 aromatic heterocycles. The van der Waals surface area contributed by atoms with Gasteiger partial charge in [0.1, 0.15) is 5.69 Å². The lowest BCUT2D eigenvalue weighted by Crippen LogP contribution is -2.03. The summed E-state index contributed by atoms with van der Waals surface area (Å²) in [5, 5.41) is 8.36. The molecule has 2 rings (SSSR count). The van der Waals surface area contributed by atoms with Crippen molar-refractivity contribution >= 4 is 17.3 Å². The van der Waals surface area contributed by atoms with Gasteiger partial charge in [0.15, 0.2) is 5.01 Å². The van der Waals surface area contributed by atoms with Crippen molar-refractivity contribution in [3.63, 3.8) is 0 Å². The van der Waals surface area contributed by atoms with Crippen molar-refractivity contribution in [2.75, 3.05) is 13.2 Å². The fraction of sp³-hybridized carbons (Fsp3) is 0.364. The summed E-state index contributed by atoms with van der Waals surface area (Å²) in [6.45, 7) is 4.39. The number of carbonyl (C=O) groups is 1. The summed E-state index contributed by atoms with van der Waals surface area (Å²) in [5.74, 6) is -0.0759. The molecule has 0 saturated carbocycles. The minimum atomic E-state index is -0.486. The van der Waals surface area contributed by atoms with E-state index in [0.717, 1.165) is 11.3 Å². The van der Waals surface area contributed by atoms with Gasteiger partial charge in [-0.25, -0.2) is 9.78 Å². The largest absolute Gasteiger partial charge is 0.477 e. The molecule has 8 heteroatoms. The molecule has 0 saturated heterocycles. The average molecular weight is 280 g/mol. The second-order valence-electron chi connectivity index (χ2n) is 3.31. The van der Waals surface area contributed by atoms with E-state index in [1.54, 1.807) is 6.92 Å². The predicted octanol–water partition coefficient (Wildman–Crippen LogP) is 1.57. The van der Waals surface area contributed by atoms with Crippen LogP contribution in [0.2, 0.25) is 0 Å². The van der Waals surface area contributed by atoms with E-state index in [1.165, 1.54) is 12.4 Å². The third-order valence-corrected chi connectivity index (χ3v) is 2.92. The third-order valence-electron chi connectivity index (χ3n) is 2.00. The Hall–Kier alpha value is -2.09. The average Bonchev–Trinajstić information content (AvgIpc) is 2.89. The lowest BCUT2D eigenvalue weighted by molar-refractivity contribution is 0.0525. The first-order chi connectivity index (χ1) is 9.24. The highest BCUT2D eigenvalue weighted by atomic mass is 32.1. The molecule has 0 radical (unpaired) electrons. The Balaban J connectivity index is 2.22. The molecule has 0 aliphatic heterocycles. The first-order valence-electron chi connectivity index (χ1n) is 5.70. The molecule has 0 fully saturated rings. The second-order valence-corrected chi connectivity index (χ2v) is 4.29. The molecule has 0 bridgehead atoms. The maximum Gasteiger partial charge on any atom is 0.369 e. The Bertz CT molecular complexity index is 573. The summed E-state index contributed by atoms with van der Waals surface area (Å²) in [7, 11) is 0. The van der Waals surface area contributed by atoms with Gasteiger partial charge < -0.3 is 9.47 Å². The highest BCUT2D eigenvalue weighted by Crippen LogP contribution is 2.22. The van der Waals surface area contributed by atoms with Gasteiger partial charge in [-0.05, 0) is 13.8 Å². The van der Waals surface area contributed by atoms with Crippen molar-refractivity contribution in [1.82, 2.24) is 20.2 Å². The van der Waals surface area contributed by atoms with Crippen molar-refractivity contribution < 1.29 is 14.3 Å². The van der Waals surface area contributed by atoms with Gasteiger partial charge in [0.2, 0.25) is 10.9 Å². The van der Waals surface area contributed by atoms with E-state index in [0.29, 0.717) is 29.8 Å². The molecule has 0 N–H and O–H groups in total. The summed E-state index contributed by atoms with van der Waals surface area (Å²) in [4.78, 5) is 19.7. The maximum atomic E-state index is 11.5. The van der Waals surface area contributed by atoms with Gasteiger partial charge in [0.05, 0.1) is 25.6 Å². The molecule has 100 valence electrons. The van der Waals surface area contributed by atoms with Crippen LogP contribution >= 0.6 is 11.3 Å². The van der Waals surface area contributed by atoms with Gasteiger partial charge in [-0.3, -0.25) is 4.98 Å². The summed E-state index contributed by atoms with van der Waals surface area (Å²) in [6, 6.07) is 0. The van der Waals surface area contributed by atoms with Crippen molar-refractivity contribution in [3.8, 4) is 16.6 Å². The minimum Gasteiger partial charge on any atom is -0.477 e. The van der Waals surface area contributed by atoms with Crippen molar-refractivity contribution in [1.29, 1.82) is 0 Å². The topological polar surface area (TPSA) is 87.1 Å². The fourth-order valence-corrected chi connectivity index (χ4v) is 1.96. The minimum absolute atomic E-state index is 0.195. The molecule has 7 nitrogen and oxygen atoms in total. The molecule has 0 spiro atoms. The number of hydrogen-bond donors (Lipinski definition) is 0. The number of carbonyl (C=O) groups excluding carboxylic acids is 1. The zero-order valence-electron chi connectivity index (χ0n) is 10.5. The van der Waals surface area contributed by atoms with Crippen LogP contribution in [0.5, 0.6) is 5.88 Å². The van der Waals surface area contributed by atoms with Crippen molar-refractivity contribution in [2.45, 2.75) is 13.8 Å². The number of aromatic nitrogens is 4. The molecule has 0 aliphatic rings. The van der Waals surface area contributed by atoms with Crippen LogP contribution in [0.15, 0.2) is 12.4 Å². The van der Waals surface area contributed by atoms with Crippen LogP contribution in [0.4, 0.5) is 0 Å². The monoisotopic (exact) mass is 280 g/mol. The van der Waals surface area contributed by atoms with Crippen molar-refractivity contribution in [2.24, 2.45) is 0 Å². The van der Waals surface area contributed by atoms with Crippen LogP contribution in [0.3, 0.4) is 0 Å². The predicted molar refractivity (Wildman–Crippen MR) is 68.1 cm³/mol. The first-order valence-corrected chi connectivity index (χ1v) is 6.52. The van der Waals surface area contributed by atoms with Crippen molar-refractivity contribution in [3.05, 3.63) is 17.4 Å². The van der Waals surface area contributed by atoms with Crippen LogP contribution in [-0.4, -0.2) is 39.3 Å². The quantitative estimate of drug-likeness (QED) is 0.768. The van der Waals surface area contributed by atoms with Crippen LogP contribution in [0.25, 0.3) is 10.7 Å². The Morgan fingerprint density at radius 1 is 1.26 bits per heavy atom. The third kappa shape index (κ3) is 3.22. The van der Waals surface area contributed by atoms with Crippen LogP contribution < -0.4 is 4.74 Å². The fourth-order valence-electron chi connectivity index (χ4n) is 1.27. The van der Waals surface area contributed by atoms with Gasteiger partial charge >= 0.3 is 5.97 Å². The lowest BCUT2D eigenvalue weighted by atomic mass is 10.5. The Labute approximate surface area is 113 Å². The number of rotatable bonds is 5. The van der Waals surface area contributed by atoms with Crippen LogP contribution in [-0.2, 0) is 4.74 Å². The van der Waals surface area contributed by atoms with Crippen LogP contribution in [0.1, 0.15) is 23.6 Å². The van der Waals surface area contributed by atoms with E-state index in [2.05, 4.69) is 20.2 Å². The molecule has 0 aliphatic carbocycles. The Morgan fingerprint density at radius 3 is 2.84 bits per heavy atom. The van der Waals surface area contributed by atoms with Gasteiger partial charge in [-0.15, -0.1) is 10.2 Å². The van der Waals surface area contributed by atoms with Gasteiger partial charge in [0.25, 0.3) is 0 Å².